The highest BCUT2D eigenvalue weighted by molar-refractivity contribution is 7.88. The molecule has 1 aromatic rings. The Hall–Kier alpha value is -1.64. The normalized spacial score (nSPS) is 40.6. The summed E-state index contributed by atoms with van der Waals surface area (Å²) in [5.41, 5.74) is 2.12. The van der Waals surface area contributed by atoms with Crippen LogP contribution in [-0.4, -0.2) is 78.8 Å². The van der Waals surface area contributed by atoms with Crippen molar-refractivity contribution in [2.75, 3.05) is 37.3 Å². The molecule has 3 saturated heterocycles. The van der Waals surface area contributed by atoms with Gasteiger partial charge in [-0.3, -0.25) is 4.79 Å². The van der Waals surface area contributed by atoms with Crippen molar-refractivity contribution in [3.8, 4) is 0 Å². The van der Waals surface area contributed by atoms with Gasteiger partial charge in [0, 0.05) is 50.4 Å². The number of hydrogen-bond acceptors (Lipinski definition) is 5. The van der Waals surface area contributed by atoms with Crippen LogP contribution in [0.3, 0.4) is 0 Å². The fraction of sp³-hybridized carbons (Fsp3) is 0.767. The van der Waals surface area contributed by atoms with E-state index in [1.807, 2.05) is 0 Å². The molecule has 4 unspecified atom stereocenters. The average Bonchev–Trinajstić information content (AvgIpc) is 3.14. The first kappa shape index (κ1) is 25.3. The summed E-state index contributed by atoms with van der Waals surface area (Å²) < 4.78 is 25.2. The number of benzene rings is 1. The van der Waals surface area contributed by atoms with Crippen molar-refractivity contribution in [3.63, 3.8) is 0 Å². The lowest BCUT2D eigenvalue weighted by atomic mass is 9.49. The van der Waals surface area contributed by atoms with Crippen LogP contribution < -0.4 is 4.90 Å². The topological polar surface area (TPSA) is 81.2 Å². The van der Waals surface area contributed by atoms with Crippen molar-refractivity contribution < 1.29 is 18.3 Å². The smallest absolute Gasteiger partial charge is 0.223 e. The molecule has 1 amide bonds. The molecule has 4 atom stereocenters. The van der Waals surface area contributed by atoms with E-state index in [1.54, 1.807) is 4.31 Å². The fourth-order valence-corrected chi connectivity index (χ4v) is 10.6. The number of anilines is 1. The highest BCUT2D eigenvalue weighted by Crippen LogP contribution is 2.59. The van der Waals surface area contributed by atoms with E-state index in [1.165, 1.54) is 24.7 Å². The minimum Gasteiger partial charge on any atom is -0.390 e. The monoisotopic (exact) mass is 541 g/mol. The number of amides is 1. The van der Waals surface area contributed by atoms with E-state index in [9.17, 15) is 18.3 Å². The molecule has 7 fully saturated rings. The van der Waals surface area contributed by atoms with Gasteiger partial charge in [0.15, 0.2) is 0 Å². The lowest BCUT2D eigenvalue weighted by Gasteiger charge is -2.58. The Bertz CT molecular complexity index is 1150. The molecule has 4 saturated carbocycles. The summed E-state index contributed by atoms with van der Waals surface area (Å²) in [6.07, 6.45) is 11.7. The Morgan fingerprint density at radius 2 is 1.53 bits per heavy atom. The first-order valence-corrected chi connectivity index (χ1v) is 16.8. The summed E-state index contributed by atoms with van der Waals surface area (Å²) in [6, 6.07) is 9.67. The van der Waals surface area contributed by atoms with Gasteiger partial charge in [-0.15, -0.1) is 0 Å². The van der Waals surface area contributed by atoms with Crippen LogP contribution in [-0.2, 0) is 14.8 Å². The molecule has 38 heavy (non-hydrogen) atoms. The predicted octanol–water partition coefficient (Wildman–Crippen LogP) is 3.58. The minimum atomic E-state index is -3.12. The molecule has 8 rings (SSSR count). The van der Waals surface area contributed by atoms with Gasteiger partial charge in [0.1, 0.15) is 0 Å². The van der Waals surface area contributed by atoms with Crippen LogP contribution in [0.25, 0.3) is 0 Å². The van der Waals surface area contributed by atoms with Crippen LogP contribution in [0.4, 0.5) is 5.69 Å². The van der Waals surface area contributed by atoms with Gasteiger partial charge in [-0.05, 0) is 105 Å². The maximum Gasteiger partial charge on any atom is 0.223 e. The van der Waals surface area contributed by atoms with Crippen molar-refractivity contribution in [1.82, 2.24) is 9.21 Å². The highest BCUT2D eigenvalue weighted by atomic mass is 32.2. The number of carbonyl (C=O) groups excluding carboxylic acids is 1. The fourth-order valence-electron chi connectivity index (χ4n) is 9.82. The summed E-state index contributed by atoms with van der Waals surface area (Å²) in [5.74, 6) is 3.19. The Morgan fingerprint density at radius 3 is 2.08 bits per heavy atom. The second-order valence-electron chi connectivity index (χ2n) is 13.7. The summed E-state index contributed by atoms with van der Waals surface area (Å²) in [7, 11) is -3.12. The summed E-state index contributed by atoms with van der Waals surface area (Å²) >= 11 is 0. The average molecular weight is 542 g/mol. The van der Waals surface area contributed by atoms with E-state index < -0.39 is 15.6 Å². The van der Waals surface area contributed by atoms with E-state index in [2.05, 4.69) is 34.1 Å². The number of nitrogens with zero attached hydrogens (tertiary/aromatic N) is 3. The van der Waals surface area contributed by atoms with E-state index in [0.717, 1.165) is 63.7 Å². The van der Waals surface area contributed by atoms with Gasteiger partial charge in [-0.1, -0.05) is 12.1 Å². The molecule has 8 heteroatoms. The van der Waals surface area contributed by atoms with Crippen LogP contribution in [0.15, 0.2) is 24.3 Å². The van der Waals surface area contributed by atoms with Gasteiger partial charge in [-0.25, -0.2) is 8.42 Å². The molecule has 1 N–H and O–H groups in total. The van der Waals surface area contributed by atoms with Crippen LogP contribution in [0.2, 0.25) is 0 Å². The van der Waals surface area contributed by atoms with Gasteiger partial charge in [-0.2, -0.15) is 4.31 Å². The highest BCUT2D eigenvalue weighted by Gasteiger charge is 2.55. The molecule has 208 valence electrons. The first-order valence-electron chi connectivity index (χ1n) is 15.0. The maximum atomic E-state index is 13.7. The molecule has 4 aliphatic carbocycles. The molecule has 0 radical (unpaired) electrons. The number of rotatable bonds is 5. The van der Waals surface area contributed by atoms with E-state index >= 15 is 0 Å². The first-order chi connectivity index (χ1) is 18.1. The van der Waals surface area contributed by atoms with Crippen molar-refractivity contribution >= 4 is 21.6 Å². The summed E-state index contributed by atoms with van der Waals surface area (Å²) in [5, 5.41) is 10.9. The zero-order valence-corrected chi connectivity index (χ0v) is 23.5. The lowest BCUT2D eigenvalue weighted by Crippen LogP contribution is -2.56. The lowest BCUT2D eigenvalue weighted by molar-refractivity contribution is -0.162. The van der Waals surface area contributed by atoms with Gasteiger partial charge in [0.2, 0.25) is 15.9 Å². The van der Waals surface area contributed by atoms with Gasteiger partial charge in [0.05, 0.1) is 11.9 Å². The third kappa shape index (κ3) is 4.48. The van der Waals surface area contributed by atoms with Crippen LogP contribution in [0.5, 0.6) is 0 Å². The third-order valence-electron chi connectivity index (χ3n) is 11.3. The van der Waals surface area contributed by atoms with E-state index in [-0.39, 0.29) is 0 Å². The maximum absolute atomic E-state index is 13.7. The Kier molecular flexibility index (Phi) is 6.13. The number of aliphatic hydroxyl groups is 1. The molecule has 6 bridgehead atoms. The molecule has 1 aromatic carbocycles. The summed E-state index contributed by atoms with van der Waals surface area (Å²) in [6.45, 7) is 2.53. The third-order valence-corrected chi connectivity index (χ3v) is 12.6. The number of piperazine rings is 1. The Morgan fingerprint density at radius 1 is 0.921 bits per heavy atom. The zero-order valence-electron chi connectivity index (χ0n) is 22.7. The Labute approximate surface area is 227 Å². The molecule has 0 spiro atoms. The molecule has 7 aliphatic rings. The second-order valence-corrected chi connectivity index (χ2v) is 15.6. The van der Waals surface area contributed by atoms with Crippen molar-refractivity contribution in [3.05, 3.63) is 29.8 Å². The second kappa shape index (κ2) is 9.20. The van der Waals surface area contributed by atoms with Gasteiger partial charge < -0.3 is 14.9 Å². The van der Waals surface area contributed by atoms with E-state index in [4.69, 9.17) is 0 Å². The minimum absolute atomic E-state index is 0.371. The molecule has 7 nitrogen and oxygen atoms in total. The number of piperidine rings is 1. The standard InChI is InChI=1S/C30H43N3O4S/c1-38(36,37)32-10-8-31(9-11-32)25-4-2-21(3-5-25)22-14-26-6-7-27(15-22)33(26)29(34)16-28-23-12-20-13-24(28)19-30(35,17-20)18-23/h2-5,20,22-24,26-28,35H,6-19H2,1H3. The number of fused-ring (bicyclic) bond motifs is 2. The zero-order chi connectivity index (χ0) is 26.2. The molecule has 3 heterocycles. The van der Waals surface area contributed by atoms with Crippen LogP contribution in [0, 0.1) is 23.7 Å². The Balaban J connectivity index is 0.969. The molecule has 0 aromatic heterocycles. The van der Waals surface area contributed by atoms with Crippen molar-refractivity contribution in [1.29, 1.82) is 0 Å². The quantitative estimate of drug-likeness (QED) is 0.616. The number of carbonyl (C=O) groups is 1. The van der Waals surface area contributed by atoms with Gasteiger partial charge >= 0.3 is 0 Å². The molecular formula is C30H43N3O4S. The molecule has 3 aliphatic heterocycles. The SMILES string of the molecule is CS(=O)(=O)N1CCN(c2ccc(C3CC4CCC(C3)N4C(=O)CC3C4CC5CC3CC(O)(C5)C4)cc2)CC1. The van der Waals surface area contributed by atoms with E-state index in [0.29, 0.717) is 67.1 Å². The van der Waals surface area contributed by atoms with Crippen molar-refractivity contribution in [2.45, 2.75) is 87.8 Å². The largest absolute Gasteiger partial charge is 0.390 e. The van der Waals surface area contributed by atoms with Crippen molar-refractivity contribution in [2.24, 2.45) is 23.7 Å². The number of sulfonamides is 1. The number of hydrogen-bond donors (Lipinski definition) is 1. The van der Waals surface area contributed by atoms with Crippen LogP contribution >= 0.6 is 0 Å². The van der Waals surface area contributed by atoms with Crippen LogP contribution in [0.1, 0.15) is 75.7 Å². The predicted molar refractivity (Wildman–Crippen MR) is 147 cm³/mol. The van der Waals surface area contributed by atoms with Gasteiger partial charge in [0.25, 0.3) is 0 Å². The summed E-state index contributed by atoms with van der Waals surface area (Å²) in [4.78, 5) is 18.3. The molecular weight excluding hydrogens is 498 g/mol.